The molecule has 1 aliphatic rings. The summed E-state index contributed by atoms with van der Waals surface area (Å²) in [5.74, 6) is 0.0446. The lowest BCUT2D eigenvalue weighted by molar-refractivity contribution is -0.134. The van der Waals surface area contributed by atoms with E-state index >= 15 is 0 Å². The van der Waals surface area contributed by atoms with Gasteiger partial charge in [0.25, 0.3) is 0 Å². The van der Waals surface area contributed by atoms with Crippen LogP contribution in [0, 0.1) is 5.41 Å². The first-order valence-electron chi connectivity index (χ1n) is 11.0. The maximum atomic E-state index is 12.2. The second-order valence-corrected chi connectivity index (χ2v) is 10.5. The van der Waals surface area contributed by atoms with E-state index in [1.165, 1.54) is 4.31 Å². The highest BCUT2D eigenvalue weighted by molar-refractivity contribution is 7.76. The van der Waals surface area contributed by atoms with Crippen LogP contribution in [0.5, 0.6) is 5.75 Å². The first-order chi connectivity index (χ1) is 14.4. The number of hydrogen-bond acceptors (Lipinski definition) is 6. The van der Waals surface area contributed by atoms with Crippen LogP contribution in [-0.2, 0) is 16.1 Å². The van der Waals surface area contributed by atoms with E-state index in [1.807, 2.05) is 6.92 Å². The average molecular weight is 451 g/mol. The monoisotopic (exact) mass is 450 g/mol. The molecule has 0 spiro atoms. The van der Waals surface area contributed by atoms with E-state index in [-0.39, 0.29) is 36.1 Å². The first-order valence-corrected chi connectivity index (χ1v) is 12.0. The van der Waals surface area contributed by atoms with Crippen LogP contribution in [0.1, 0.15) is 78.7 Å². The molecule has 0 aromatic heterocycles. The van der Waals surface area contributed by atoms with Crippen molar-refractivity contribution < 1.29 is 18.3 Å². The number of nitrogens with one attached hydrogen (secondary N) is 2. The number of hydrogen-bond donors (Lipinski definition) is 2. The Morgan fingerprint density at radius 1 is 1.19 bits per heavy atom. The molecular formula is C23H36N3O4S-. The molecule has 0 radical (unpaired) electrons. The number of carbonyl (C=O) groups is 1. The van der Waals surface area contributed by atoms with Crippen LogP contribution < -0.4 is 10.1 Å². The third-order valence-corrected chi connectivity index (χ3v) is 6.32. The summed E-state index contributed by atoms with van der Waals surface area (Å²) >= 11 is -2.35. The maximum absolute atomic E-state index is 12.2. The van der Waals surface area contributed by atoms with Crippen LogP contribution in [0.4, 0.5) is 0 Å². The molecule has 0 saturated carbocycles. The summed E-state index contributed by atoms with van der Waals surface area (Å²) < 4.78 is 30.6. The van der Waals surface area contributed by atoms with Gasteiger partial charge in [0.05, 0.1) is 0 Å². The van der Waals surface area contributed by atoms with E-state index in [0.717, 1.165) is 12.0 Å². The van der Waals surface area contributed by atoms with E-state index in [1.54, 1.807) is 24.3 Å². The molecule has 7 nitrogen and oxygen atoms in total. The van der Waals surface area contributed by atoms with Gasteiger partial charge in [0, 0.05) is 47.1 Å². The highest BCUT2D eigenvalue weighted by Crippen LogP contribution is 2.32. The van der Waals surface area contributed by atoms with Crippen molar-refractivity contribution in [2.45, 2.75) is 90.3 Å². The van der Waals surface area contributed by atoms with Crippen LogP contribution in [-0.4, -0.2) is 48.4 Å². The van der Waals surface area contributed by atoms with Crippen LogP contribution >= 0.6 is 0 Å². The van der Waals surface area contributed by atoms with Crippen molar-refractivity contribution >= 4 is 22.9 Å². The van der Waals surface area contributed by atoms with E-state index in [0.29, 0.717) is 37.1 Å². The molecule has 0 amide bonds. The molecule has 1 saturated heterocycles. The van der Waals surface area contributed by atoms with Gasteiger partial charge >= 0.3 is 5.97 Å². The minimum atomic E-state index is -2.35. The van der Waals surface area contributed by atoms with Crippen molar-refractivity contribution in [3.05, 3.63) is 29.8 Å². The third-order valence-electron chi connectivity index (χ3n) is 5.46. The van der Waals surface area contributed by atoms with Crippen molar-refractivity contribution in [2.24, 2.45) is 0 Å². The molecule has 1 fully saturated rings. The zero-order valence-electron chi connectivity index (χ0n) is 19.3. The number of rotatable bonds is 10. The quantitative estimate of drug-likeness (QED) is 0.243. The lowest BCUT2D eigenvalue weighted by Gasteiger charge is -2.49. The Hall–Kier alpha value is -1.61. The molecule has 1 aromatic rings. The van der Waals surface area contributed by atoms with Crippen molar-refractivity contribution in [2.75, 3.05) is 6.54 Å². The fourth-order valence-corrected chi connectivity index (χ4v) is 5.20. The molecule has 31 heavy (non-hydrogen) atoms. The fraction of sp³-hybridized carbons (Fsp3) is 0.652. The Bertz CT molecular complexity index is 777. The van der Waals surface area contributed by atoms with Crippen LogP contribution in [0.15, 0.2) is 24.3 Å². The van der Waals surface area contributed by atoms with E-state index < -0.39 is 11.3 Å². The zero-order valence-corrected chi connectivity index (χ0v) is 20.1. The Balaban J connectivity index is 1.88. The summed E-state index contributed by atoms with van der Waals surface area (Å²) in [6.45, 7) is 10.6. The number of carbonyl (C=O) groups excluding carboxylic acids is 1. The minimum Gasteiger partial charge on any atom is -0.760 e. The van der Waals surface area contributed by atoms with Crippen molar-refractivity contribution in [3.63, 3.8) is 0 Å². The van der Waals surface area contributed by atoms with E-state index in [4.69, 9.17) is 10.1 Å². The molecule has 8 heteroatoms. The van der Waals surface area contributed by atoms with Gasteiger partial charge in [-0.2, -0.15) is 0 Å². The Morgan fingerprint density at radius 3 is 2.29 bits per heavy atom. The third kappa shape index (κ3) is 8.11. The molecule has 1 atom stereocenters. The first kappa shape index (κ1) is 25.6. The lowest BCUT2D eigenvalue weighted by Crippen LogP contribution is -2.62. The predicted molar refractivity (Wildman–Crippen MR) is 123 cm³/mol. The second kappa shape index (κ2) is 10.8. The SMILES string of the molecule is CCCC(=N)c1ccc(OC(=O)CCCN(C2CC(C)(C)NC(C)(C)C2)S(=O)[O-])cc1. The molecule has 0 aliphatic carbocycles. The van der Waals surface area contributed by atoms with Gasteiger partial charge < -0.3 is 20.0 Å². The Labute approximate surface area is 188 Å². The number of nitrogens with zero attached hydrogens (tertiary/aromatic N) is 1. The van der Waals surface area contributed by atoms with Gasteiger partial charge in [-0.15, -0.1) is 0 Å². The smallest absolute Gasteiger partial charge is 0.311 e. The van der Waals surface area contributed by atoms with Crippen LogP contribution in [0.2, 0.25) is 0 Å². The molecule has 1 aromatic carbocycles. The molecule has 0 bridgehead atoms. The second-order valence-electron chi connectivity index (χ2n) is 9.64. The Kier molecular flexibility index (Phi) is 8.94. The number of esters is 1. The standard InChI is InChI=1S/C23H37N3O4S/c1-6-8-20(24)17-10-12-19(13-11-17)30-21(27)9-7-14-26(31(28)29)18-15-22(2,3)25-23(4,5)16-18/h10-13,18,24-25H,6-9,14-16H2,1-5H3,(H,28,29)/p-1. The number of ether oxygens (including phenoxy) is 1. The number of benzene rings is 1. The predicted octanol–water partition coefficient (Wildman–Crippen LogP) is 3.95. The van der Waals surface area contributed by atoms with Crippen LogP contribution in [0.3, 0.4) is 0 Å². The highest BCUT2D eigenvalue weighted by Gasteiger charge is 2.40. The van der Waals surface area contributed by atoms with Gasteiger partial charge in [0.15, 0.2) is 0 Å². The topological polar surface area (TPSA) is 106 Å². The summed E-state index contributed by atoms with van der Waals surface area (Å²) in [4.78, 5) is 12.2. The summed E-state index contributed by atoms with van der Waals surface area (Å²) in [5.41, 5.74) is 1.06. The largest absolute Gasteiger partial charge is 0.760 e. The molecule has 1 aliphatic heterocycles. The van der Waals surface area contributed by atoms with Crippen LogP contribution in [0.25, 0.3) is 0 Å². The lowest BCUT2D eigenvalue weighted by atomic mass is 9.79. The van der Waals surface area contributed by atoms with Gasteiger partial charge in [-0.1, -0.05) is 13.3 Å². The normalized spacial score (nSPS) is 19.2. The van der Waals surface area contributed by atoms with Gasteiger partial charge in [-0.3, -0.25) is 9.00 Å². The van der Waals surface area contributed by atoms with Gasteiger partial charge in [-0.25, -0.2) is 4.31 Å². The number of piperidine rings is 1. The average Bonchev–Trinajstić information content (AvgIpc) is 2.63. The van der Waals surface area contributed by atoms with E-state index in [2.05, 4.69) is 33.0 Å². The van der Waals surface area contributed by atoms with Crippen molar-refractivity contribution in [3.8, 4) is 5.75 Å². The summed E-state index contributed by atoms with van der Waals surface area (Å²) in [7, 11) is 0. The van der Waals surface area contributed by atoms with Crippen molar-refractivity contribution in [1.82, 2.24) is 9.62 Å². The molecule has 1 unspecified atom stereocenters. The van der Waals surface area contributed by atoms with Gasteiger partial charge in [0.2, 0.25) is 0 Å². The summed E-state index contributed by atoms with van der Waals surface area (Å²) in [5, 5.41) is 11.5. The summed E-state index contributed by atoms with van der Waals surface area (Å²) in [6.07, 6.45) is 3.59. The van der Waals surface area contributed by atoms with Crippen molar-refractivity contribution in [1.29, 1.82) is 5.41 Å². The Morgan fingerprint density at radius 2 is 1.77 bits per heavy atom. The molecular weight excluding hydrogens is 414 g/mol. The molecule has 1 heterocycles. The highest BCUT2D eigenvalue weighted by atomic mass is 32.2. The fourth-order valence-electron chi connectivity index (χ4n) is 4.53. The molecule has 174 valence electrons. The van der Waals surface area contributed by atoms with E-state index in [9.17, 15) is 13.6 Å². The maximum Gasteiger partial charge on any atom is 0.311 e. The van der Waals surface area contributed by atoms with Gasteiger partial charge in [-0.05, 0) is 83.2 Å². The summed E-state index contributed by atoms with van der Waals surface area (Å²) in [6, 6.07) is 6.84. The molecule has 2 rings (SSSR count). The van der Waals surface area contributed by atoms with Gasteiger partial charge in [0.1, 0.15) is 5.75 Å². The zero-order chi connectivity index (χ0) is 23.2. The molecule has 2 N–H and O–H groups in total. The minimum absolute atomic E-state index is 0.105.